The van der Waals surface area contributed by atoms with Crippen molar-refractivity contribution in [2.24, 2.45) is 22.9 Å². The van der Waals surface area contributed by atoms with E-state index in [1.807, 2.05) is 54.8 Å². The SMILES string of the molecule is Cc1c(C)c(C2CCCN2[C@@](C(N)=O)(C(=O)OC(N)=O)C2(C)Cc3cccc2c3)n(-c2ccc(F)cc2)c1C1CCCN1[C@@](C(N)=O)(C(=O)OC(N)=O)C1(C)Cc2cccc1c2. The molecular formula is C46H50FN7O8. The highest BCUT2D eigenvalue weighted by molar-refractivity contribution is 6.12. The van der Waals surface area contributed by atoms with Crippen LogP contribution >= 0.6 is 0 Å². The number of hydrogen-bond donors (Lipinski definition) is 4. The van der Waals surface area contributed by atoms with Crippen molar-refractivity contribution in [1.82, 2.24) is 14.4 Å². The zero-order chi connectivity index (χ0) is 44.7. The molecule has 324 valence electrons. The molecule has 1 aromatic heterocycles. The number of primary amides is 4. The molecule has 15 nitrogen and oxygen atoms in total. The lowest BCUT2D eigenvalue weighted by molar-refractivity contribution is -0.166. The van der Waals surface area contributed by atoms with Crippen LogP contribution in [0.4, 0.5) is 14.0 Å². The largest absolute Gasteiger partial charge is 0.412 e. The molecular weight excluding hydrogens is 798 g/mol. The third kappa shape index (κ3) is 5.82. The number of likely N-dealkylation sites (tertiary alicyclic amines) is 2. The van der Waals surface area contributed by atoms with Gasteiger partial charge in [-0.15, -0.1) is 0 Å². The fourth-order valence-electron chi connectivity index (χ4n) is 11.8. The summed E-state index contributed by atoms with van der Waals surface area (Å²) in [6.07, 6.45) is -0.605. The van der Waals surface area contributed by atoms with E-state index in [-0.39, 0.29) is 25.9 Å². The number of rotatable bonds is 11. The summed E-state index contributed by atoms with van der Waals surface area (Å²) < 4.78 is 27.1. The van der Waals surface area contributed by atoms with Crippen LogP contribution < -0.4 is 22.9 Å². The molecule has 2 aliphatic heterocycles. The highest BCUT2D eigenvalue weighted by atomic mass is 19.1. The van der Waals surface area contributed by atoms with Crippen molar-refractivity contribution in [2.45, 2.75) is 100 Å². The summed E-state index contributed by atoms with van der Waals surface area (Å²) in [5.74, 6) is -5.00. The Kier molecular flexibility index (Phi) is 10.2. The number of ether oxygens (including phenoxy) is 2. The topological polar surface area (TPSA) is 236 Å². The minimum atomic E-state index is -2.28. The number of amides is 4. The van der Waals surface area contributed by atoms with E-state index in [1.54, 1.807) is 47.9 Å². The van der Waals surface area contributed by atoms with Crippen molar-refractivity contribution in [3.63, 3.8) is 0 Å². The van der Waals surface area contributed by atoms with Crippen molar-refractivity contribution < 1.29 is 42.6 Å². The van der Waals surface area contributed by atoms with Gasteiger partial charge in [0.25, 0.3) is 11.8 Å². The highest BCUT2D eigenvalue weighted by Crippen LogP contribution is 2.56. The molecule has 4 unspecified atom stereocenters. The molecule has 4 amide bonds. The standard InChI is InChI=1S/C46H50FN7O8/c1-25-26(2)36(34-14-8-20-53(34)46(38(49)56,40(58)62-42(51)60)44(4)24-28-10-6-12-30(44)22-28)54(32-17-15-31(47)16-18-32)35(25)33-13-7-19-52(33)45(37(48)55,39(57)61-41(50)59)43(3)23-27-9-5-11-29(43)21-27/h5-6,9-12,15-18,21-22,33-34H,7-8,13-14,19-20,23-24H2,1-4H3,(H2,48,55)(H2,49,56)(H2,50,59)(H2,51,60)/t33?,34?,43?,44?,45-,46-/m0/s1. The number of carbonyl (C=O) groups is 6. The van der Waals surface area contributed by atoms with Gasteiger partial charge >= 0.3 is 24.1 Å². The van der Waals surface area contributed by atoms with Crippen LogP contribution in [0.25, 0.3) is 5.69 Å². The normalized spacial score (nSPS) is 24.9. The summed E-state index contributed by atoms with van der Waals surface area (Å²) in [5, 5.41) is 0. The van der Waals surface area contributed by atoms with Gasteiger partial charge in [0.2, 0.25) is 11.1 Å². The van der Waals surface area contributed by atoms with Crippen LogP contribution in [0, 0.1) is 19.7 Å². The second kappa shape index (κ2) is 14.9. The monoisotopic (exact) mass is 847 g/mol. The number of halogens is 1. The molecule has 62 heavy (non-hydrogen) atoms. The van der Waals surface area contributed by atoms with Gasteiger partial charge in [0.15, 0.2) is 0 Å². The van der Waals surface area contributed by atoms with Gasteiger partial charge < -0.3 is 37.0 Å². The molecule has 2 aliphatic carbocycles. The maximum atomic E-state index is 14.8. The Morgan fingerprint density at radius 1 is 0.645 bits per heavy atom. The number of benzene rings is 3. The first-order chi connectivity index (χ1) is 29.3. The third-order valence-corrected chi connectivity index (χ3v) is 14.4. The van der Waals surface area contributed by atoms with E-state index >= 15 is 0 Å². The molecule has 4 aliphatic rings. The Morgan fingerprint density at radius 3 is 1.40 bits per heavy atom. The molecule has 0 saturated carbocycles. The van der Waals surface area contributed by atoms with Gasteiger partial charge in [0, 0.05) is 41.0 Å². The summed E-state index contributed by atoms with van der Waals surface area (Å²) in [7, 11) is 0. The number of nitrogens with zero attached hydrogens (tertiary/aromatic N) is 3. The average molecular weight is 848 g/mol. The van der Waals surface area contributed by atoms with Gasteiger partial charge in [-0.3, -0.25) is 19.4 Å². The van der Waals surface area contributed by atoms with Crippen LogP contribution in [0.3, 0.4) is 0 Å². The average Bonchev–Trinajstić information content (AvgIpc) is 4.00. The van der Waals surface area contributed by atoms with Crippen LogP contribution in [-0.4, -0.2) is 74.5 Å². The minimum absolute atomic E-state index is 0.172. The van der Waals surface area contributed by atoms with Crippen LogP contribution in [0.15, 0.2) is 72.8 Å². The molecule has 3 heterocycles. The Balaban J connectivity index is 1.38. The number of hydrogen-bond acceptors (Lipinski definition) is 10. The van der Waals surface area contributed by atoms with Gasteiger partial charge in [-0.2, -0.15) is 0 Å². The smallest absolute Gasteiger partial charge is 0.375 e. The van der Waals surface area contributed by atoms with E-state index in [9.17, 15) is 33.2 Å². The highest BCUT2D eigenvalue weighted by Gasteiger charge is 2.69. The summed E-state index contributed by atoms with van der Waals surface area (Å²) >= 11 is 0. The van der Waals surface area contributed by atoms with Crippen LogP contribution in [0.2, 0.25) is 0 Å². The minimum Gasteiger partial charge on any atom is -0.375 e. The predicted octanol–water partition coefficient (Wildman–Crippen LogP) is 4.23. The molecule has 4 aromatic rings. The van der Waals surface area contributed by atoms with Crippen molar-refractivity contribution >= 4 is 35.9 Å². The molecule has 2 saturated heterocycles. The molecule has 4 bridgehead atoms. The Labute approximate surface area is 357 Å². The molecule has 0 spiro atoms. The second-order valence-corrected chi connectivity index (χ2v) is 17.5. The van der Waals surface area contributed by atoms with Crippen LogP contribution in [-0.2, 0) is 52.3 Å². The van der Waals surface area contributed by atoms with Crippen molar-refractivity contribution in [3.05, 3.63) is 123 Å². The zero-order valence-electron chi connectivity index (χ0n) is 35.0. The summed E-state index contributed by atoms with van der Waals surface area (Å²) in [6.45, 7) is 7.64. The first-order valence-electron chi connectivity index (χ1n) is 20.7. The maximum absolute atomic E-state index is 14.8. The lowest BCUT2D eigenvalue weighted by atomic mass is 9.64. The fraction of sp³-hybridized carbons (Fsp3) is 0.391. The first kappa shape index (κ1) is 42.3. The number of nitrogens with two attached hydrogens (primary N) is 4. The Hall–Kier alpha value is -6.39. The Bertz CT molecular complexity index is 2430. The maximum Gasteiger partial charge on any atom is 0.412 e. The van der Waals surface area contributed by atoms with E-state index in [1.165, 1.54) is 12.1 Å². The molecule has 0 radical (unpaired) electrons. The number of esters is 2. The molecule has 16 heteroatoms. The van der Waals surface area contributed by atoms with Crippen molar-refractivity contribution in [3.8, 4) is 5.69 Å². The predicted molar refractivity (Wildman–Crippen MR) is 223 cm³/mol. The van der Waals surface area contributed by atoms with Gasteiger partial charge in [-0.1, -0.05) is 62.4 Å². The number of carbonyl (C=O) groups excluding carboxylic acids is 6. The van der Waals surface area contributed by atoms with E-state index in [4.69, 9.17) is 32.4 Å². The molecule has 3 aromatic carbocycles. The third-order valence-electron chi connectivity index (χ3n) is 14.4. The summed E-state index contributed by atoms with van der Waals surface area (Å²) in [5.41, 5.74) is 22.8. The fourth-order valence-corrected chi connectivity index (χ4v) is 11.8. The molecule has 8 rings (SSSR count). The van der Waals surface area contributed by atoms with E-state index in [0.717, 1.165) is 22.3 Å². The quantitative estimate of drug-likeness (QED) is 0.124. The summed E-state index contributed by atoms with van der Waals surface area (Å²) in [6, 6.07) is 19.1. The number of fused-ring (bicyclic) bond motifs is 4. The number of aromatic nitrogens is 1. The molecule has 8 N–H and O–H groups in total. The van der Waals surface area contributed by atoms with Gasteiger partial charge in [-0.05, 0) is 110 Å². The zero-order valence-corrected chi connectivity index (χ0v) is 35.0. The lowest BCUT2D eigenvalue weighted by Gasteiger charge is -2.50. The van der Waals surface area contributed by atoms with Gasteiger partial charge in [0.05, 0.1) is 12.1 Å². The summed E-state index contributed by atoms with van der Waals surface area (Å²) in [4.78, 5) is 86.4. The second-order valence-electron chi connectivity index (χ2n) is 17.5. The first-order valence-corrected chi connectivity index (χ1v) is 20.7. The van der Waals surface area contributed by atoms with E-state index < -0.39 is 75.7 Å². The van der Waals surface area contributed by atoms with E-state index in [0.29, 0.717) is 53.9 Å². The lowest BCUT2D eigenvalue weighted by Crippen LogP contribution is -2.73. The van der Waals surface area contributed by atoms with E-state index in [2.05, 4.69) is 0 Å². The Morgan fingerprint density at radius 2 is 1.05 bits per heavy atom. The van der Waals surface area contributed by atoms with Gasteiger partial charge in [0.1, 0.15) is 5.82 Å². The van der Waals surface area contributed by atoms with Gasteiger partial charge in [-0.25, -0.2) is 23.6 Å². The molecule has 2 fully saturated rings. The molecule has 6 atom stereocenters. The van der Waals surface area contributed by atoms with Crippen molar-refractivity contribution in [2.75, 3.05) is 13.1 Å². The van der Waals surface area contributed by atoms with Crippen LogP contribution in [0.5, 0.6) is 0 Å². The van der Waals surface area contributed by atoms with Crippen LogP contribution in [0.1, 0.15) is 96.4 Å². The van der Waals surface area contributed by atoms with Crippen molar-refractivity contribution in [1.29, 1.82) is 0 Å².